The molecule has 0 saturated carbocycles. The van der Waals surface area contributed by atoms with Gasteiger partial charge in [0.05, 0.1) is 23.8 Å². The quantitative estimate of drug-likeness (QED) is 0.585. The average Bonchev–Trinajstić information content (AvgIpc) is 3.06. The standard InChI is InChI=1S/C25H30N4O2/c1-17-5-9-22(10-6-17)24(27-20(4)30)16-25(31)26-14-13-21-7-11-23(12-8-21)29-19(3)15-18(2)28-29/h5-12,15,24H,13-14,16H2,1-4H3,(H,26,31)(H,27,30). The second-order valence-corrected chi connectivity index (χ2v) is 7.97. The Morgan fingerprint density at radius 1 is 1.00 bits per heavy atom. The molecule has 162 valence electrons. The van der Waals surface area contributed by atoms with Crippen LogP contribution in [0.25, 0.3) is 5.69 Å². The van der Waals surface area contributed by atoms with Crippen molar-refractivity contribution in [1.29, 1.82) is 0 Å². The van der Waals surface area contributed by atoms with Crippen molar-refractivity contribution in [2.24, 2.45) is 0 Å². The molecule has 0 radical (unpaired) electrons. The maximum Gasteiger partial charge on any atom is 0.222 e. The van der Waals surface area contributed by atoms with E-state index in [4.69, 9.17) is 0 Å². The number of nitrogens with one attached hydrogen (secondary N) is 2. The van der Waals surface area contributed by atoms with E-state index in [2.05, 4.69) is 27.9 Å². The van der Waals surface area contributed by atoms with Crippen molar-refractivity contribution in [1.82, 2.24) is 20.4 Å². The maximum atomic E-state index is 12.5. The summed E-state index contributed by atoms with van der Waals surface area (Å²) in [6.07, 6.45) is 0.942. The van der Waals surface area contributed by atoms with Crippen LogP contribution >= 0.6 is 0 Å². The van der Waals surface area contributed by atoms with Crippen LogP contribution in [0.15, 0.2) is 54.6 Å². The van der Waals surface area contributed by atoms with E-state index in [1.54, 1.807) is 0 Å². The van der Waals surface area contributed by atoms with Gasteiger partial charge in [-0.05, 0) is 56.5 Å². The Balaban J connectivity index is 1.53. The first-order valence-electron chi connectivity index (χ1n) is 10.5. The third-order valence-electron chi connectivity index (χ3n) is 5.17. The second kappa shape index (κ2) is 10.1. The summed E-state index contributed by atoms with van der Waals surface area (Å²) in [7, 11) is 0. The fraction of sp³-hybridized carbons (Fsp3) is 0.320. The molecular weight excluding hydrogens is 388 g/mol. The fourth-order valence-corrected chi connectivity index (χ4v) is 3.59. The largest absolute Gasteiger partial charge is 0.356 e. The van der Waals surface area contributed by atoms with Crippen LogP contribution in [0.1, 0.15) is 47.5 Å². The SMILES string of the molecule is CC(=O)NC(CC(=O)NCCc1ccc(-n2nc(C)cc2C)cc1)c1ccc(C)cc1. The minimum Gasteiger partial charge on any atom is -0.356 e. The van der Waals surface area contributed by atoms with Gasteiger partial charge >= 0.3 is 0 Å². The molecule has 6 nitrogen and oxygen atoms in total. The van der Waals surface area contributed by atoms with E-state index < -0.39 is 0 Å². The number of aryl methyl sites for hydroxylation is 3. The molecule has 0 spiro atoms. The highest BCUT2D eigenvalue weighted by Gasteiger charge is 2.17. The van der Waals surface area contributed by atoms with Crippen molar-refractivity contribution in [2.75, 3.05) is 6.54 Å². The predicted molar refractivity (Wildman–Crippen MR) is 122 cm³/mol. The van der Waals surface area contributed by atoms with Gasteiger partial charge in [0, 0.05) is 19.2 Å². The topological polar surface area (TPSA) is 76.0 Å². The molecule has 6 heteroatoms. The van der Waals surface area contributed by atoms with Gasteiger partial charge in [0.15, 0.2) is 0 Å². The van der Waals surface area contributed by atoms with Crippen molar-refractivity contribution in [3.05, 3.63) is 82.7 Å². The lowest BCUT2D eigenvalue weighted by molar-refractivity contribution is -0.122. The van der Waals surface area contributed by atoms with Gasteiger partial charge in [-0.3, -0.25) is 9.59 Å². The van der Waals surface area contributed by atoms with E-state index in [9.17, 15) is 9.59 Å². The summed E-state index contributed by atoms with van der Waals surface area (Å²) in [5, 5.41) is 10.3. The summed E-state index contributed by atoms with van der Waals surface area (Å²) < 4.78 is 1.92. The van der Waals surface area contributed by atoms with Crippen molar-refractivity contribution in [2.45, 2.75) is 46.6 Å². The van der Waals surface area contributed by atoms with Crippen molar-refractivity contribution >= 4 is 11.8 Å². The Kier molecular flexibility index (Phi) is 7.23. The molecule has 0 aliphatic carbocycles. The summed E-state index contributed by atoms with van der Waals surface area (Å²) >= 11 is 0. The first-order valence-corrected chi connectivity index (χ1v) is 10.5. The third-order valence-corrected chi connectivity index (χ3v) is 5.17. The van der Waals surface area contributed by atoms with E-state index >= 15 is 0 Å². The minimum absolute atomic E-state index is 0.0846. The number of benzene rings is 2. The van der Waals surface area contributed by atoms with Gasteiger partial charge in [-0.2, -0.15) is 5.10 Å². The zero-order chi connectivity index (χ0) is 22.4. The van der Waals surface area contributed by atoms with Crippen LogP contribution in [0.3, 0.4) is 0 Å². The Bertz CT molecular complexity index is 1040. The molecule has 2 aromatic carbocycles. The third kappa shape index (κ3) is 6.28. The lowest BCUT2D eigenvalue weighted by Gasteiger charge is -2.18. The monoisotopic (exact) mass is 418 g/mol. The molecule has 0 saturated heterocycles. The van der Waals surface area contributed by atoms with Crippen LogP contribution in [-0.2, 0) is 16.0 Å². The molecule has 1 unspecified atom stereocenters. The summed E-state index contributed by atoms with van der Waals surface area (Å²) in [5.41, 5.74) is 6.32. The highest BCUT2D eigenvalue weighted by Crippen LogP contribution is 2.18. The Hall–Kier alpha value is -3.41. The number of amides is 2. The number of rotatable bonds is 8. The van der Waals surface area contributed by atoms with Gasteiger partial charge in [0.2, 0.25) is 11.8 Å². The molecule has 31 heavy (non-hydrogen) atoms. The molecule has 0 bridgehead atoms. The summed E-state index contributed by atoms with van der Waals surface area (Å²) in [6, 6.07) is 17.8. The van der Waals surface area contributed by atoms with Crippen LogP contribution in [-0.4, -0.2) is 28.1 Å². The first kappa shape index (κ1) is 22.3. The van der Waals surface area contributed by atoms with Crippen molar-refractivity contribution in [3.63, 3.8) is 0 Å². The van der Waals surface area contributed by atoms with Gasteiger partial charge in [-0.25, -0.2) is 4.68 Å². The molecule has 3 rings (SSSR count). The predicted octanol–water partition coefficient (Wildman–Crippen LogP) is 3.72. The van der Waals surface area contributed by atoms with E-state index in [1.165, 1.54) is 6.92 Å². The minimum atomic E-state index is -0.335. The molecule has 0 fully saturated rings. The van der Waals surface area contributed by atoms with E-state index in [0.717, 1.165) is 40.2 Å². The molecule has 2 N–H and O–H groups in total. The zero-order valence-corrected chi connectivity index (χ0v) is 18.6. The lowest BCUT2D eigenvalue weighted by Crippen LogP contribution is -2.33. The van der Waals surface area contributed by atoms with Crippen molar-refractivity contribution < 1.29 is 9.59 Å². The van der Waals surface area contributed by atoms with Crippen LogP contribution < -0.4 is 10.6 Å². The maximum absolute atomic E-state index is 12.5. The number of carbonyl (C=O) groups is 2. The van der Waals surface area contributed by atoms with Crippen LogP contribution in [0.2, 0.25) is 0 Å². The van der Waals surface area contributed by atoms with Gasteiger partial charge in [0.1, 0.15) is 0 Å². The van der Waals surface area contributed by atoms with Crippen LogP contribution in [0.4, 0.5) is 0 Å². The molecule has 0 aliphatic heterocycles. The Morgan fingerprint density at radius 3 is 2.26 bits per heavy atom. The molecule has 2 amide bonds. The van der Waals surface area contributed by atoms with Gasteiger partial charge in [-0.1, -0.05) is 42.0 Å². The summed E-state index contributed by atoms with van der Waals surface area (Å²) in [5.74, 6) is -0.236. The molecular formula is C25H30N4O2. The van der Waals surface area contributed by atoms with E-state index in [0.29, 0.717) is 6.54 Å². The molecule has 0 aliphatic rings. The first-order chi connectivity index (χ1) is 14.8. The summed E-state index contributed by atoms with van der Waals surface area (Å²) in [4.78, 5) is 24.0. The zero-order valence-electron chi connectivity index (χ0n) is 18.6. The van der Waals surface area contributed by atoms with E-state index in [1.807, 2.05) is 67.9 Å². The van der Waals surface area contributed by atoms with Crippen LogP contribution in [0.5, 0.6) is 0 Å². The van der Waals surface area contributed by atoms with E-state index in [-0.39, 0.29) is 24.3 Å². The smallest absolute Gasteiger partial charge is 0.222 e. The number of hydrogen-bond donors (Lipinski definition) is 2. The number of hydrogen-bond acceptors (Lipinski definition) is 3. The molecule has 1 heterocycles. The molecule has 3 aromatic rings. The van der Waals surface area contributed by atoms with Gasteiger partial charge in [0.25, 0.3) is 0 Å². The van der Waals surface area contributed by atoms with Gasteiger partial charge < -0.3 is 10.6 Å². The second-order valence-electron chi connectivity index (χ2n) is 7.97. The number of nitrogens with zero attached hydrogens (tertiary/aromatic N) is 2. The number of aromatic nitrogens is 2. The Morgan fingerprint density at radius 2 is 1.68 bits per heavy atom. The molecule has 1 atom stereocenters. The van der Waals surface area contributed by atoms with Crippen molar-refractivity contribution in [3.8, 4) is 5.69 Å². The fourth-order valence-electron chi connectivity index (χ4n) is 3.59. The molecule has 1 aromatic heterocycles. The van der Waals surface area contributed by atoms with Crippen LogP contribution in [0, 0.1) is 20.8 Å². The average molecular weight is 419 g/mol. The summed E-state index contributed by atoms with van der Waals surface area (Å²) in [6.45, 7) is 8.03. The normalized spacial score (nSPS) is 11.7. The highest BCUT2D eigenvalue weighted by molar-refractivity contribution is 5.79. The Labute approximate surface area is 183 Å². The number of carbonyl (C=O) groups excluding carboxylic acids is 2. The van der Waals surface area contributed by atoms with Gasteiger partial charge in [-0.15, -0.1) is 0 Å². The lowest BCUT2D eigenvalue weighted by atomic mass is 10.0. The highest BCUT2D eigenvalue weighted by atomic mass is 16.2.